The fourth-order valence-electron chi connectivity index (χ4n) is 0.512. The van der Waals surface area contributed by atoms with Crippen molar-refractivity contribution in [3.8, 4) is 0 Å². The molecule has 0 aliphatic rings. The van der Waals surface area contributed by atoms with Crippen LogP contribution in [0.1, 0.15) is 27.7 Å². The minimum absolute atomic E-state index is 0.0154. The van der Waals surface area contributed by atoms with Crippen LogP contribution in [0.5, 0.6) is 0 Å². The molecule has 0 aliphatic heterocycles. The van der Waals surface area contributed by atoms with Crippen LogP contribution < -0.4 is 5.32 Å². The average molecular weight is 159 g/mol. The molecule has 0 saturated carbocycles. The summed E-state index contributed by atoms with van der Waals surface area (Å²) in [5.74, 6) is -0.0328. The normalized spacial score (nSPS) is 16.2. The number of aliphatic hydroxyl groups is 1. The summed E-state index contributed by atoms with van der Waals surface area (Å²) in [7, 11) is 0. The standard InChI is InChI=1S/C8H17NO2/c1-5(2)8(11)9-6(3)7(4)10/h5-7,10H,1-4H3,(H,9,11)/t6-,7-/m1/s1. The quantitative estimate of drug-likeness (QED) is 0.631. The van der Waals surface area contributed by atoms with Crippen LogP contribution in [-0.4, -0.2) is 23.2 Å². The van der Waals surface area contributed by atoms with Crippen molar-refractivity contribution in [2.24, 2.45) is 5.92 Å². The van der Waals surface area contributed by atoms with Gasteiger partial charge in [0, 0.05) is 5.92 Å². The molecule has 0 aliphatic carbocycles. The monoisotopic (exact) mass is 159 g/mol. The lowest BCUT2D eigenvalue weighted by molar-refractivity contribution is -0.125. The first-order valence-electron chi connectivity index (χ1n) is 3.93. The Morgan fingerprint density at radius 1 is 1.27 bits per heavy atom. The number of amides is 1. The maximum absolute atomic E-state index is 11.0. The summed E-state index contributed by atoms with van der Waals surface area (Å²) in [6, 6.07) is -0.162. The summed E-state index contributed by atoms with van der Waals surface area (Å²) in [6.45, 7) is 7.09. The van der Waals surface area contributed by atoms with Gasteiger partial charge in [0.1, 0.15) is 0 Å². The Morgan fingerprint density at radius 2 is 1.73 bits per heavy atom. The maximum Gasteiger partial charge on any atom is 0.222 e. The summed E-state index contributed by atoms with van der Waals surface area (Å²) in [4.78, 5) is 11.0. The summed E-state index contributed by atoms with van der Waals surface area (Å²) in [5, 5.41) is 11.7. The van der Waals surface area contributed by atoms with Gasteiger partial charge in [0.05, 0.1) is 12.1 Å². The van der Waals surface area contributed by atoms with Gasteiger partial charge in [-0.3, -0.25) is 4.79 Å². The molecule has 0 fully saturated rings. The molecule has 2 N–H and O–H groups in total. The lowest BCUT2D eigenvalue weighted by Gasteiger charge is -2.17. The molecule has 0 bridgehead atoms. The van der Waals surface area contributed by atoms with Crippen molar-refractivity contribution >= 4 is 5.91 Å². The molecular weight excluding hydrogens is 142 g/mol. The predicted molar refractivity (Wildman–Crippen MR) is 44.1 cm³/mol. The minimum atomic E-state index is -0.488. The van der Waals surface area contributed by atoms with Crippen molar-refractivity contribution in [1.82, 2.24) is 5.32 Å². The van der Waals surface area contributed by atoms with E-state index in [1.165, 1.54) is 0 Å². The Labute approximate surface area is 67.8 Å². The van der Waals surface area contributed by atoms with Gasteiger partial charge in [0.25, 0.3) is 0 Å². The van der Waals surface area contributed by atoms with Crippen LogP contribution in [0.2, 0.25) is 0 Å². The van der Waals surface area contributed by atoms with E-state index in [0.717, 1.165) is 0 Å². The number of aliphatic hydroxyl groups excluding tert-OH is 1. The van der Waals surface area contributed by atoms with E-state index in [-0.39, 0.29) is 17.9 Å². The Hall–Kier alpha value is -0.570. The first kappa shape index (κ1) is 10.4. The van der Waals surface area contributed by atoms with Gasteiger partial charge in [0.2, 0.25) is 5.91 Å². The highest BCUT2D eigenvalue weighted by Gasteiger charge is 2.13. The fraction of sp³-hybridized carbons (Fsp3) is 0.875. The van der Waals surface area contributed by atoms with Gasteiger partial charge in [-0.05, 0) is 13.8 Å². The third-order valence-corrected chi connectivity index (χ3v) is 1.62. The maximum atomic E-state index is 11.0. The van der Waals surface area contributed by atoms with Crippen molar-refractivity contribution in [1.29, 1.82) is 0 Å². The van der Waals surface area contributed by atoms with E-state index in [1.54, 1.807) is 13.8 Å². The van der Waals surface area contributed by atoms with E-state index in [1.807, 2.05) is 13.8 Å². The van der Waals surface area contributed by atoms with Gasteiger partial charge < -0.3 is 10.4 Å². The molecule has 2 atom stereocenters. The molecule has 1 amide bonds. The molecule has 0 radical (unpaired) electrons. The first-order chi connectivity index (χ1) is 4.95. The van der Waals surface area contributed by atoms with Crippen LogP contribution >= 0.6 is 0 Å². The molecular formula is C8H17NO2. The third kappa shape index (κ3) is 3.98. The van der Waals surface area contributed by atoms with Crippen LogP contribution in [-0.2, 0) is 4.79 Å². The van der Waals surface area contributed by atoms with Crippen molar-refractivity contribution in [2.45, 2.75) is 39.8 Å². The number of hydrogen-bond acceptors (Lipinski definition) is 2. The molecule has 0 aromatic rings. The molecule has 0 saturated heterocycles. The highest BCUT2D eigenvalue weighted by atomic mass is 16.3. The van der Waals surface area contributed by atoms with E-state index in [9.17, 15) is 4.79 Å². The summed E-state index contributed by atoms with van der Waals surface area (Å²) >= 11 is 0. The molecule has 0 heterocycles. The SMILES string of the molecule is CC(C)C(=O)N[C@H](C)[C@@H](C)O. The van der Waals surface area contributed by atoms with Crippen LogP contribution in [0.15, 0.2) is 0 Å². The Bertz CT molecular complexity index is 132. The summed E-state index contributed by atoms with van der Waals surface area (Å²) < 4.78 is 0. The lowest BCUT2D eigenvalue weighted by atomic mass is 10.1. The smallest absolute Gasteiger partial charge is 0.222 e. The second kappa shape index (κ2) is 4.34. The highest BCUT2D eigenvalue weighted by molar-refractivity contribution is 5.78. The number of carbonyl (C=O) groups is 1. The van der Waals surface area contributed by atoms with E-state index in [0.29, 0.717) is 0 Å². The van der Waals surface area contributed by atoms with Gasteiger partial charge in [-0.15, -0.1) is 0 Å². The number of rotatable bonds is 3. The van der Waals surface area contributed by atoms with Gasteiger partial charge in [-0.25, -0.2) is 0 Å². The molecule has 66 valence electrons. The van der Waals surface area contributed by atoms with E-state index in [2.05, 4.69) is 5.32 Å². The zero-order valence-corrected chi connectivity index (χ0v) is 7.59. The molecule has 11 heavy (non-hydrogen) atoms. The fourth-order valence-corrected chi connectivity index (χ4v) is 0.512. The van der Waals surface area contributed by atoms with Gasteiger partial charge in [0.15, 0.2) is 0 Å². The van der Waals surface area contributed by atoms with Crippen molar-refractivity contribution < 1.29 is 9.90 Å². The molecule has 3 heteroatoms. The van der Waals surface area contributed by atoms with Crippen molar-refractivity contribution in [3.05, 3.63) is 0 Å². The van der Waals surface area contributed by atoms with Crippen LogP contribution in [0.25, 0.3) is 0 Å². The van der Waals surface area contributed by atoms with Crippen LogP contribution in [0.3, 0.4) is 0 Å². The van der Waals surface area contributed by atoms with Gasteiger partial charge in [-0.1, -0.05) is 13.8 Å². The van der Waals surface area contributed by atoms with E-state index >= 15 is 0 Å². The predicted octanol–water partition coefficient (Wildman–Crippen LogP) is 0.528. The summed E-state index contributed by atoms with van der Waals surface area (Å²) in [6.07, 6.45) is -0.488. The molecule has 0 unspecified atom stereocenters. The lowest BCUT2D eigenvalue weighted by Crippen LogP contribution is -2.41. The number of carbonyl (C=O) groups excluding carboxylic acids is 1. The Balaban J connectivity index is 3.76. The molecule has 0 aromatic carbocycles. The van der Waals surface area contributed by atoms with Crippen LogP contribution in [0, 0.1) is 5.92 Å². The second-order valence-electron chi connectivity index (χ2n) is 3.19. The average Bonchev–Trinajstić information content (AvgIpc) is 1.87. The first-order valence-corrected chi connectivity index (χ1v) is 3.93. The Morgan fingerprint density at radius 3 is 2.00 bits per heavy atom. The number of nitrogens with one attached hydrogen (secondary N) is 1. The van der Waals surface area contributed by atoms with Gasteiger partial charge >= 0.3 is 0 Å². The zero-order valence-electron chi connectivity index (χ0n) is 7.59. The summed E-state index contributed by atoms with van der Waals surface area (Å²) in [5.41, 5.74) is 0. The highest BCUT2D eigenvalue weighted by Crippen LogP contribution is 1.95. The van der Waals surface area contributed by atoms with Gasteiger partial charge in [-0.2, -0.15) is 0 Å². The largest absolute Gasteiger partial charge is 0.391 e. The Kier molecular flexibility index (Phi) is 4.11. The molecule has 0 rings (SSSR count). The van der Waals surface area contributed by atoms with Crippen LogP contribution in [0.4, 0.5) is 0 Å². The zero-order chi connectivity index (χ0) is 9.02. The molecule has 0 aromatic heterocycles. The topological polar surface area (TPSA) is 49.3 Å². The number of hydrogen-bond donors (Lipinski definition) is 2. The molecule has 0 spiro atoms. The van der Waals surface area contributed by atoms with Crippen molar-refractivity contribution in [3.63, 3.8) is 0 Å². The van der Waals surface area contributed by atoms with E-state index < -0.39 is 6.10 Å². The minimum Gasteiger partial charge on any atom is -0.391 e. The third-order valence-electron chi connectivity index (χ3n) is 1.62. The van der Waals surface area contributed by atoms with E-state index in [4.69, 9.17) is 5.11 Å². The second-order valence-corrected chi connectivity index (χ2v) is 3.19. The van der Waals surface area contributed by atoms with Crippen molar-refractivity contribution in [2.75, 3.05) is 0 Å². The molecule has 3 nitrogen and oxygen atoms in total.